The van der Waals surface area contributed by atoms with Gasteiger partial charge in [-0.05, 0) is 31.2 Å². The number of carbonyl (C=O) groups excluding carboxylic acids is 2. The number of hydrazine groups is 1. The van der Waals surface area contributed by atoms with E-state index in [0.29, 0.717) is 17.5 Å². The lowest BCUT2D eigenvalue weighted by atomic mass is 9.96. The Kier molecular flexibility index (Phi) is 5.72. The van der Waals surface area contributed by atoms with Crippen LogP contribution in [0.1, 0.15) is 35.9 Å². The van der Waals surface area contributed by atoms with E-state index in [0.717, 1.165) is 19.3 Å². The maximum absolute atomic E-state index is 12.0. The van der Waals surface area contributed by atoms with Gasteiger partial charge in [-0.2, -0.15) is 0 Å². The molecule has 0 aliphatic carbocycles. The molecule has 2 heterocycles. The van der Waals surface area contributed by atoms with Gasteiger partial charge in [-0.15, -0.1) is 11.3 Å². The molecule has 1 aliphatic rings. The Morgan fingerprint density at radius 3 is 2.90 bits per heavy atom. The predicted molar refractivity (Wildman–Crippen MR) is 82.8 cm³/mol. The van der Waals surface area contributed by atoms with Gasteiger partial charge in [0.1, 0.15) is 0 Å². The van der Waals surface area contributed by atoms with Crippen molar-refractivity contribution in [3.05, 3.63) is 22.4 Å². The van der Waals surface area contributed by atoms with Crippen LogP contribution in [0.5, 0.6) is 0 Å². The molecule has 6 nitrogen and oxygen atoms in total. The zero-order valence-corrected chi connectivity index (χ0v) is 13.0. The maximum Gasteiger partial charge on any atom is 0.279 e. The van der Waals surface area contributed by atoms with E-state index in [2.05, 4.69) is 22.7 Å². The van der Waals surface area contributed by atoms with Crippen molar-refractivity contribution in [1.82, 2.24) is 15.8 Å². The van der Waals surface area contributed by atoms with Gasteiger partial charge in [0.2, 0.25) is 0 Å². The van der Waals surface area contributed by atoms with Gasteiger partial charge in [0.15, 0.2) is 0 Å². The Morgan fingerprint density at radius 2 is 2.24 bits per heavy atom. The first-order chi connectivity index (χ1) is 10.1. The quantitative estimate of drug-likeness (QED) is 0.715. The molecule has 1 fully saturated rings. The summed E-state index contributed by atoms with van der Waals surface area (Å²) in [6.45, 7) is 2.92. The highest BCUT2D eigenvalue weighted by Crippen LogP contribution is 2.21. The van der Waals surface area contributed by atoms with Crippen LogP contribution < -0.4 is 16.6 Å². The molecule has 0 saturated carbocycles. The summed E-state index contributed by atoms with van der Waals surface area (Å²) < 4.78 is 0. The highest BCUT2D eigenvalue weighted by molar-refractivity contribution is 7.12. The fraction of sp³-hybridized carbons (Fsp3) is 0.571. The summed E-state index contributed by atoms with van der Waals surface area (Å²) >= 11 is 1.33. The average Bonchev–Trinajstić information content (AvgIpc) is 3.01. The number of piperidine rings is 1. The summed E-state index contributed by atoms with van der Waals surface area (Å²) in [4.78, 5) is 26.4. The van der Waals surface area contributed by atoms with Crippen molar-refractivity contribution >= 4 is 23.2 Å². The van der Waals surface area contributed by atoms with Crippen LogP contribution in [0.2, 0.25) is 0 Å². The standard InChI is InChI=1S/C14H22N4O2S/c1-10-4-2-5-11(8-15)18(10)9-13(19)16-17-14(20)12-6-3-7-21-12/h3,6-7,10-11H,2,4-5,8-9,15H2,1H3,(H,16,19)(H,17,20). The lowest BCUT2D eigenvalue weighted by Gasteiger charge is -2.39. The lowest BCUT2D eigenvalue weighted by molar-refractivity contribution is -0.124. The minimum Gasteiger partial charge on any atom is -0.329 e. The normalized spacial score (nSPS) is 22.8. The van der Waals surface area contributed by atoms with Crippen LogP contribution >= 0.6 is 11.3 Å². The van der Waals surface area contributed by atoms with Gasteiger partial charge in [-0.1, -0.05) is 12.5 Å². The Balaban J connectivity index is 1.82. The fourth-order valence-electron chi connectivity index (χ4n) is 2.68. The number of nitrogens with one attached hydrogen (secondary N) is 2. The molecule has 2 amide bonds. The molecular weight excluding hydrogens is 288 g/mol. The van der Waals surface area contributed by atoms with Crippen LogP contribution in [0.3, 0.4) is 0 Å². The van der Waals surface area contributed by atoms with Crippen LogP contribution in [-0.4, -0.2) is 41.9 Å². The van der Waals surface area contributed by atoms with Crippen LogP contribution in [0.25, 0.3) is 0 Å². The van der Waals surface area contributed by atoms with Crippen molar-refractivity contribution in [3.63, 3.8) is 0 Å². The number of thiophene rings is 1. The third-order valence-corrected chi connectivity index (χ3v) is 4.72. The van der Waals surface area contributed by atoms with E-state index in [1.807, 2.05) is 5.38 Å². The van der Waals surface area contributed by atoms with Crippen LogP contribution in [0, 0.1) is 0 Å². The molecule has 1 saturated heterocycles. The number of amides is 2. The average molecular weight is 310 g/mol. The first-order valence-electron chi connectivity index (χ1n) is 7.20. The second-order valence-corrected chi connectivity index (χ2v) is 6.27. The number of hydrogen-bond donors (Lipinski definition) is 3. The summed E-state index contributed by atoms with van der Waals surface area (Å²) in [6.07, 6.45) is 3.25. The molecule has 2 unspecified atom stereocenters. The van der Waals surface area contributed by atoms with Gasteiger partial charge >= 0.3 is 0 Å². The van der Waals surface area contributed by atoms with Crippen molar-refractivity contribution in [2.45, 2.75) is 38.3 Å². The highest BCUT2D eigenvalue weighted by Gasteiger charge is 2.28. The van der Waals surface area contributed by atoms with E-state index in [9.17, 15) is 9.59 Å². The summed E-state index contributed by atoms with van der Waals surface area (Å²) in [5.41, 5.74) is 10.7. The third-order valence-electron chi connectivity index (χ3n) is 3.85. The molecule has 1 aliphatic heterocycles. The molecule has 116 valence electrons. The number of likely N-dealkylation sites (tertiary alicyclic amines) is 1. The molecule has 4 N–H and O–H groups in total. The van der Waals surface area contributed by atoms with Crippen molar-refractivity contribution in [1.29, 1.82) is 0 Å². The number of carbonyl (C=O) groups is 2. The Morgan fingerprint density at radius 1 is 1.43 bits per heavy atom. The molecular formula is C14H22N4O2S. The van der Waals surface area contributed by atoms with Gasteiger partial charge in [-0.25, -0.2) is 0 Å². The van der Waals surface area contributed by atoms with Crippen molar-refractivity contribution < 1.29 is 9.59 Å². The zero-order valence-electron chi connectivity index (χ0n) is 12.2. The molecule has 1 aromatic rings. The van der Waals surface area contributed by atoms with Crippen molar-refractivity contribution in [3.8, 4) is 0 Å². The second-order valence-electron chi connectivity index (χ2n) is 5.32. The molecule has 0 aromatic carbocycles. The van der Waals surface area contributed by atoms with Crippen LogP contribution in [0.4, 0.5) is 0 Å². The molecule has 0 spiro atoms. The Hall–Kier alpha value is -1.44. The van der Waals surface area contributed by atoms with E-state index < -0.39 is 0 Å². The van der Waals surface area contributed by atoms with Gasteiger partial charge in [0.05, 0.1) is 11.4 Å². The SMILES string of the molecule is CC1CCCC(CN)N1CC(=O)NNC(=O)c1cccs1. The largest absolute Gasteiger partial charge is 0.329 e. The third kappa shape index (κ3) is 4.26. The Bertz CT molecular complexity index is 477. The molecule has 2 rings (SSSR count). The lowest BCUT2D eigenvalue weighted by Crippen LogP contribution is -2.54. The minimum absolute atomic E-state index is 0.216. The van der Waals surface area contributed by atoms with Gasteiger partial charge in [0.25, 0.3) is 11.8 Å². The van der Waals surface area contributed by atoms with E-state index >= 15 is 0 Å². The highest BCUT2D eigenvalue weighted by atomic mass is 32.1. The first kappa shape index (κ1) is 15.9. The van der Waals surface area contributed by atoms with Crippen LogP contribution in [0.15, 0.2) is 17.5 Å². The summed E-state index contributed by atoms with van der Waals surface area (Å²) in [5.74, 6) is -0.507. The molecule has 0 radical (unpaired) electrons. The molecule has 21 heavy (non-hydrogen) atoms. The first-order valence-corrected chi connectivity index (χ1v) is 8.08. The number of nitrogens with zero attached hydrogens (tertiary/aromatic N) is 1. The van der Waals surface area contributed by atoms with Gasteiger partial charge in [0, 0.05) is 18.6 Å². The Labute approximate surface area is 128 Å². The predicted octanol–water partition coefficient (Wildman–Crippen LogP) is 0.711. The van der Waals surface area contributed by atoms with E-state index in [4.69, 9.17) is 5.73 Å². The molecule has 1 aromatic heterocycles. The summed E-state index contributed by atoms with van der Waals surface area (Å²) in [6, 6.07) is 4.09. The second kappa shape index (κ2) is 7.53. The van der Waals surface area contributed by atoms with Gasteiger partial charge in [-0.3, -0.25) is 25.3 Å². The molecule has 2 atom stereocenters. The van der Waals surface area contributed by atoms with Crippen LogP contribution in [-0.2, 0) is 4.79 Å². The van der Waals surface area contributed by atoms with Crippen molar-refractivity contribution in [2.75, 3.05) is 13.1 Å². The molecule has 7 heteroatoms. The number of hydrogen-bond acceptors (Lipinski definition) is 5. The maximum atomic E-state index is 12.0. The van der Waals surface area contributed by atoms with E-state index in [1.165, 1.54) is 11.3 Å². The minimum atomic E-state index is -0.291. The molecule has 0 bridgehead atoms. The van der Waals surface area contributed by atoms with Crippen molar-refractivity contribution in [2.24, 2.45) is 5.73 Å². The monoisotopic (exact) mass is 310 g/mol. The number of nitrogens with two attached hydrogens (primary N) is 1. The van der Waals surface area contributed by atoms with E-state index in [1.54, 1.807) is 12.1 Å². The van der Waals surface area contributed by atoms with Gasteiger partial charge < -0.3 is 5.73 Å². The summed E-state index contributed by atoms with van der Waals surface area (Å²) in [5, 5.41) is 1.82. The number of rotatable bonds is 4. The fourth-order valence-corrected chi connectivity index (χ4v) is 3.30. The summed E-state index contributed by atoms with van der Waals surface area (Å²) in [7, 11) is 0. The zero-order chi connectivity index (χ0) is 15.2. The topological polar surface area (TPSA) is 87.5 Å². The smallest absolute Gasteiger partial charge is 0.279 e. The van der Waals surface area contributed by atoms with E-state index in [-0.39, 0.29) is 24.4 Å².